The van der Waals surface area contributed by atoms with Crippen LogP contribution in [0.2, 0.25) is 0 Å². The van der Waals surface area contributed by atoms with Gasteiger partial charge in [-0.15, -0.1) is 11.3 Å². The predicted octanol–water partition coefficient (Wildman–Crippen LogP) is 3.58. The molecule has 1 aromatic carbocycles. The van der Waals surface area contributed by atoms with Crippen LogP contribution in [0.15, 0.2) is 29.2 Å². The van der Waals surface area contributed by atoms with Crippen LogP contribution in [0.3, 0.4) is 0 Å². The summed E-state index contributed by atoms with van der Waals surface area (Å²) in [5.41, 5.74) is 1.48. The van der Waals surface area contributed by atoms with E-state index in [0.717, 1.165) is 51.0 Å². The van der Waals surface area contributed by atoms with Crippen LogP contribution in [-0.4, -0.2) is 55.2 Å². The Kier molecular flexibility index (Phi) is 7.62. The van der Waals surface area contributed by atoms with Crippen molar-refractivity contribution in [1.82, 2.24) is 14.2 Å². The highest BCUT2D eigenvalue weighted by molar-refractivity contribution is 7.89. The van der Waals surface area contributed by atoms with Crippen molar-refractivity contribution in [2.24, 2.45) is 0 Å². The number of rotatable bonds is 9. The van der Waals surface area contributed by atoms with Crippen molar-refractivity contribution in [3.63, 3.8) is 0 Å². The Morgan fingerprint density at radius 3 is 2.63 bits per heavy atom. The summed E-state index contributed by atoms with van der Waals surface area (Å²) >= 11 is 1.52. The van der Waals surface area contributed by atoms with Gasteiger partial charge in [-0.05, 0) is 43.7 Å². The molecule has 0 atom stereocenters. The minimum Gasteiger partial charge on any atom is -0.298 e. The fourth-order valence-electron chi connectivity index (χ4n) is 3.44. The molecule has 0 fully saturated rings. The van der Waals surface area contributed by atoms with Crippen molar-refractivity contribution >= 4 is 32.4 Å². The molecular weight excluding hydrogens is 420 g/mol. The summed E-state index contributed by atoms with van der Waals surface area (Å²) in [5, 5.41) is 3.46. The zero-order valence-electron chi connectivity index (χ0n) is 17.8. The van der Waals surface area contributed by atoms with E-state index in [-0.39, 0.29) is 10.8 Å². The fraction of sp³-hybridized carbons (Fsp3) is 0.524. The molecule has 0 aliphatic carbocycles. The molecule has 0 unspecified atom stereocenters. The van der Waals surface area contributed by atoms with E-state index in [0.29, 0.717) is 17.2 Å². The normalized spacial score (nSPS) is 14.7. The molecule has 1 N–H and O–H groups in total. The van der Waals surface area contributed by atoms with Gasteiger partial charge in [0.05, 0.1) is 10.6 Å². The van der Waals surface area contributed by atoms with E-state index in [1.54, 1.807) is 19.2 Å². The van der Waals surface area contributed by atoms with Crippen LogP contribution in [0.25, 0.3) is 0 Å². The smallest absolute Gasteiger partial charge is 0.257 e. The van der Waals surface area contributed by atoms with Gasteiger partial charge in [0.1, 0.15) is 0 Å². The average Bonchev–Trinajstić information content (AvgIpc) is 3.13. The molecular formula is C21H30N4O3S2. The van der Waals surface area contributed by atoms with E-state index >= 15 is 0 Å². The van der Waals surface area contributed by atoms with Gasteiger partial charge in [-0.1, -0.05) is 20.3 Å². The number of benzene rings is 1. The third-order valence-corrected chi connectivity index (χ3v) is 8.09. The van der Waals surface area contributed by atoms with E-state index in [1.807, 2.05) is 6.92 Å². The molecule has 1 amide bonds. The van der Waals surface area contributed by atoms with Gasteiger partial charge >= 0.3 is 0 Å². The zero-order valence-corrected chi connectivity index (χ0v) is 19.5. The van der Waals surface area contributed by atoms with Crippen molar-refractivity contribution in [2.75, 3.05) is 32.0 Å². The lowest BCUT2D eigenvalue weighted by Gasteiger charge is -2.24. The minimum atomic E-state index is -3.54. The van der Waals surface area contributed by atoms with Gasteiger partial charge in [-0.25, -0.2) is 17.7 Å². The first kappa shape index (κ1) is 22.9. The summed E-state index contributed by atoms with van der Waals surface area (Å²) in [7, 11) is -1.96. The predicted molar refractivity (Wildman–Crippen MR) is 121 cm³/mol. The SMILES string of the molecule is CCCCN(C)S(=O)(=O)c1ccc(C(=O)Nc2nc3c(s2)CN(CCC)CC3)cc1. The molecule has 1 aliphatic heterocycles. The second-order valence-electron chi connectivity index (χ2n) is 7.57. The zero-order chi connectivity index (χ0) is 21.7. The Balaban J connectivity index is 1.66. The van der Waals surface area contributed by atoms with Crippen LogP contribution in [0.1, 0.15) is 54.0 Å². The molecule has 1 aromatic heterocycles. The molecule has 3 rings (SSSR count). The number of nitrogens with one attached hydrogen (secondary N) is 1. The highest BCUT2D eigenvalue weighted by Crippen LogP contribution is 2.28. The van der Waals surface area contributed by atoms with Crippen LogP contribution in [0, 0.1) is 0 Å². The Morgan fingerprint density at radius 2 is 1.97 bits per heavy atom. The quantitative estimate of drug-likeness (QED) is 0.631. The van der Waals surface area contributed by atoms with E-state index in [4.69, 9.17) is 0 Å². The number of amides is 1. The van der Waals surface area contributed by atoms with Gasteiger partial charge in [0.25, 0.3) is 5.91 Å². The van der Waals surface area contributed by atoms with Crippen molar-refractivity contribution in [2.45, 2.75) is 51.0 Å². The first-order valence-electron chi connectivity index (χ1n) is 10.4. The topological polar surface area (TPSA) is 82.6 Å². The van der Waals surface area contributed by atoms with Crippen molar-refractivity contribution in [3.05, 3.63) is 40.4 Å². The molecule has 2 aromatic rings. The number of nitrogens with zero attached hydrogens (tertiary/aromatic N) is 3. The lowest BCUT2D eigenvalue weighted by atomic mass is 10.2. The average molecular weight is 451 g/mol. The Hall–Kier alpha value is -1.81. The maximum Gasteiger partial charge on any atom is 0.257 e. The summed E-state index contributed by atoms with van der Waals surface area (Å²) < 4.78 is 26.6. The molecule has 0 radical (unpaired) electrons. The van der Waals surface area contributed by atoms with Crippen molar-refractivity contribution in [3.8, 4) is 0 Å². The van der Waals surface area contributed by atoms with E-state index in [9.17, 15) is 13.2 Å². The van der Waals surface area contributed by atoms with Gasteiger partial charge < -0.3 is 0 Å². The van der Waals surface area contributed by atoms with Crippen LogP contribution < -0.4 is 5.32 Å². The number of sulfonamides is 1. The van der Waals surface area contributed by atoms with E-state index < -0.39 is 10.0 Å². The second-order valence-corrected chi connectivity index (χ2v) is 10.7. The fourth-order valence-corrected chi connectivity index (χ4v) is 5.69. The van der Waals surface area contributed by atoms with Gasteiger partial charge in [0.2, 0.25) is 10.0 Å². The molecule has 0 saturated heterocycles. The lowest BCUT2D eigenvalue weighted by Crippen LogP contribution is -2.30. The molecule has 164 valence electrons. The van der Waals surface area contributed by atoms with E-state index in [1.165, 1.54) is 32.7 Å². The molecule has 9 heteroatoms. The standard InChI is InChI=1S/C21H30N4O3S2/c1-4-6-13-24(3)30(27,28)17-9-7-16(8-10-17)20(26)23-21-22-18-11-14-25(12-5-2)15-19(18)29-21/h7-10H,4-6,11-15H2,1-3H3,(H,22,23,26). The molecule has 0 bridgehead atoms. The van der Waals surface area contributed by atoms with Gasteiger partial charge in [0, 0.05) is 43.5 Å². The van der Waals surface area contributed by atoms with Crippen molar-refractivity contribution < 1.29 is 13.2 Å². The first-order valence-corrected chi connectivity index (χ1v) is 12.7. The summed E-state index contributed by atoms with van der Waals surface area (Å²) in [6.07, 6.45) is 3.76. The van der Waals surface area contributed by atoms with Crippen molar-refractivity contribution in [1.29, 1.82) is 0 Å². The monoisotopic (exact) mass is 450 g/mol. The van der Waals surface area contributed by atoms with Crippen LogP contribution in [0.5, 0.6) is 0 Å². The number of hydrogen-bond acceptors (Lipinski definition) is 6. The molecule has 30 heavy (non-hydrogen) atoms. The number of aromatic nitrogens is 1. The number of hydrogen-bond donors (Lipinski definition) is 1. The minimum absolute atomic E-state index is 0.193. The maximum atomic E-state index is 12.6. The Morgan fingerprint density at radius 1 is 1.23 bits per heavy atom. The molecule has 1 aliphatic rings. The van der Waals surface area contributed by atoms with Gasteiger partial charge in [0.15, 0.2) is 5.13 Å². The maximum absolute atomic E-state index is 12.6. The number of thiazole rings is 1. The largest absolute Gasteiger partial charge is 0.298 e. The van der Waals surface area contributed by atoms with Crippen LogP contribution in [-0.2, 0) is 23.0 Å². The van der Waals surface area contributed by atoms with Crippen LogP contribution in [0.4, 0.5) is 5.13 Å². The Labute approximate surface area is 183 Å². The summed E-state index contributed by atoms with van der Waals surface area (Å²) in [5.74, 6) is -0.283. The highest BCUT2D eigenvalue weighted by Gasteiger charge is 2.22. The van der Waals surface area contributed by atoms with Gasteiger partial charge in [-0.3, -0.25) is 15.0 Å². The Bertz CT molecular complexity index is 971. The first-order chi connectivity index (χ1) is 14.3. The molecule has 7 nitrogen and oxygen atoms in total. The number of fused-ring (bicyclic) bond motifs is 1. The molecule has 0 saturated carbocycles. The number of carbonyl (C=O) groups is 1. The third-order valence-electron chi connectivity index (χ3n) is 5.22. The summed E-state index contributed by atoms with van der Waals surface area (Å²) in [6, 6.07) is 6.07. The number of anilines is 1. The van der Waals surface area contributed by atoms with E-state index in [2.05, 4.69) is 22.1 Å². The summed E-state index contributed by atoms with van der Waals surface area (Å²) in [4.78, 5) is 21.0. The number of carbonyl (C=O) groups excluding carboxylic acids is 1. The summed E-state index contributed by atoms with van der Waals surface area (Å²) in [6.45, 7) is 7.63. The molecule has 2 heterocycles. The highest BCUT2D eigenvalue weighted by atomic mass is 32.2. The lowest BCUT2D eigenvalue weighted by molar-refractivity contribution is 0.102. The van der Waals surface area contributed by atoms with Gasteiger partial charge in [-0.2, -0.15) is 0 Å². The third kappa shape index (κ3) is 5.26. The second kappa shape index (κ2) is 10.00. The molecule has 0 spiro atoms. The number of unbranched alkanes of at least 4 members (excludes halogenated alkanes) is 1. The van der Waals surface area contributed by atoms with Crippen LogP contribution >= 0.6 is 11.3 Å².